The molecule has 3 aromatic carbocycles. The number of fused-ring (bicyclic) bond motifs is 1. The lowest BCUT2D eigenvalue weighted by Crippen LogP contribution is -2.26. The number of nitrogens with one attached hydrogen (secondary N) is 2. The third kappa shape index (κ3) is 5.41. The molecule has 8 nitrogen and oxygen atoms in total. The normalized spacial score (nSPS) is 12.6. The van der Waals surface area contributed by atoms with E-state index in [1.165, 1.54) is 5.41 Å². The maximum Gasteiger partial charge on any atom is 0.264 e. The average molecular weight is 557 g/mol. The van der Waals surface area contributed by atoms with Gasteiger partial charge in [-0.1, -0.05) is 60.6 Å². The van der Waals surface area contributed by atoms with E-state index in [0.717, 1.165) is 10.9 Å². The molecule has 0 aliphatic carbocycles. The van der Waals surface area contributed by atoms with E-state index in [4.69, 9.17) is 17.3 Å². The minimum absolute atomic E-state index is 0.0984. The van der Waals surface area contributed by atoms with Gasteiger partial charge < -0.3 is 15.8 Å². The van der Waals surface area contributed by atoms with E-state index in [-0.39, 0.29) is 17.5 Å². The largest absolute Gasteiger partial charge is 0.368 e. The highest BCUT2D eigenvalue weighted by molar-refractivity contribution is 7.89. The van der Waals surface area contributed by atoms with Crippen molar-refractivity contribution in [1.82, 2.24) is 14.5 Å². The standard InChI is InChI=1S/C29H25ClN6O2S/c1-3-39(38)35-21-11-7-9-19(15-21)23-17-32-29(31)34-27(23)33-18(2)25-16-20-10-8-14-24(30)26(20)28(37)36(25)22-12-5-4-6-13-22/h3-18,35H,1H2,2H3,(H3,31,32,33,34). The third-order valence-corrected chi connectivity index (χ3v) is 7.24. The number of hydrogen-bond acceptors (Lipinski definition) is 6. The highest BCUT2D eigenvalue weighted by atomic mass is 35.5. The van der Waals surface area contributed by atoms with Crippen LogP contribution in [0.2, 0.25) is 5.02 Å². The van der Waals surface area contributed by atoms with Crippen LogP contribution in [0.25, 0.3) is 27.6 Å². The molecule has 0 aliphatic heterocycles. The highest BCUT2D eigenvalue weighted by Gasteiger charge is 2.20. The highest BCUT2D eigenvalue weighted by Crippen LogP contribution is 2.32. The van der Waals surface area contributed by atoms with Crippen molar-refractivity contribution in [2.24, 2.45) is 0 Å². The molecule has 0 bridgehead atoms. The predicted molar refractivity (Wildman–Crippen MR) is 160 cm³/mol. The number of nitrogen functional groups attached to an aromatic ring is 1. The number of halogens is 1. The Morgan fingerprint density at radius 2 is 1.85 bits per heavy atom. The van der Waals surface area contributed by atoms with Crippen molar-refractivity contribution in [3.63, 3.8) is 0 Å². The molecule has 4 N–H and O–H groups in total. The van der Waals surface area contributed by atoms with E-state index in [1.54, 1.807) is 22.9 Å². The van der Waals surface area contributed by atoms with E-state index < -0.39 is 11.0 Å². The van der Waals surface area contributed by atoms with Crippen molar-refractivity contribution in [2.75, 3.05) is 15.8 Å². The quantitative estimate of drug-likeness (QED) is 0.213. The van der Waals surface area contributed by atoms with Crippen LogP contribution in [-0.2, 0) is 11.0 Å². The van der Waals surface area contributed by atoms with Gasteiger partial charge in [0.2, 0.25) is 5.95 Å². The monoisotopic (exact) mass is 556 g/mol. The van der Waals surface area contributed by atoms with Gasteiger partial charge >= 0.3 is 0 Å². The maximum absolute atomic E-state index is 13.8. The molecule has 0 saturated heterocycles. The zero-order chi connectivity index (χ0) is 27.5. The Morgan fingerprint density at radius 3 is 2.62 bits per heavy atom. The first-order valence-corrected chi connectivity index (χ1v) is 13.6. The number of nitrogens with zero attached hydrogens (tertiary/aromatic N) is 3. The molecule has 2 atom stereocenters. The van der Waals surface area contributed by atoms with Crippen molar-refractivity contribution in [2.45, 2.75) is 13.0 Å². The van der Waals surface area contributed by atoms with E-state index >= 15 is 0 Å². The molecule has 10 heteroatoms. The molecular formula is C29H25ClN6O2S. The van der Waals surface area contributed by atoms with Gasteiger partial charge in [-0.05, 0) is 54.3 Å². The molecule has 0 radical (unpaired) electrons. The van der Waals surface area contributed by atoms with Gasteiger partial charge in [-0.2, -0.15) is 4.98 Å². The summed E-state index contributed by atoms with van der Waals surface area (Å²) in [4.78, 5) is 22.5. The van der Waals surface area contributed by atoms with Crippen LogP contribution in [0.1, 0.15) is 18.7 Å². The topological polar surface area (TPSA) is 115 Å². The number of hydrogen-bond donors (Lipinski definition) is 3. The molecule has 2 unspecified atom stereocenters. The van der Waals surface area contributed by atoms with Gasteiger partial charge in [0.1, 0.15) is 16.8 Å². The van der Waals surface area contributed by atoms with Crippen LogP contribution in [0.4, 0.5) is 17.5 Å². The van der Waals surface area contributed by atoms with Crippen LogP contribution in [0.5, 0.6) is 0 Å². The first-order chi connectivity index (χ1) is 18.9. The van der Waals surface area contributed by atoms with Gasteiger partial charge in [-0.25, -0.2) is 9.19 Å². The van der Waals surface area contributed by atoms with Crippen molar-refractivity contribution in [3.8, 4) is 16.8 Å². The summed E-state index contributed by atoms with van der Waals surface area (Å²) in [7, 11) is -1.42. The molecule has 196 valence electrons. The van der Waals surface area contributed by atoms with E-state index in [1.807, 2.05) is 73.7 Å². The molecule has 0 saturated carbocycles. The van der Waals surface area contributed by atoms with Crippen molar-refractivity contribution < 1.29 is 4.21 Å². The minimum Gasteiger partial charge on any atom is -0.368 e. The number of nitrogens with two attached hydrogens (primary N) is 1. The summed E-state index contributed by atoms with van der Waals surface area (Å²) in [6.45, 7) is 5.49. The molecule has 5 aromatic rings. The zero-order valence-electron chi connectivity index (χ0n) is 21.0. The van der Waals surface area contributed by atoms with Gasteiger partial charge in [0.25, 0.3) is 5.56 Å². The Kier molecular flexibility index (Phi) is 7.44. The second-order valence-corrected chi connectivity index (χ2v) is 10.3. The first-order valence-electron chi connectivity index (χ1n) is 12.0. The molecule has 0 amide bonds. The number of aromatic nitrogens is 3. The Labute approximate surface area is 232 Å². The lowest BCUT2D eigenvalue weighted by atomic mass is 10.1. The smallest absolute Gasteiger partial charge is 0.264 e. The Bertz CT molecular complexity index is 1770. The fourth-order valence-corrected chi connectivity index (χ4v) is 5.11. The molecule has 0 aliphatic rings. The van der Waals surface area contributed by atoms with Crippen LogP contribution < -0.4 is 21.3 Å². The zero-order valence-corrected chi connectivity index (χ0v) is 22.5. The summed E-state index contributed by atoms with van der Waals surface area (Å²) < 4.78 is 16.5. The average Bonchev–Trinajstić information content (AvgIpc) is 2.93. The van der Waals surface area contributed by atoms with E-state index in [2.05, 4.69) is 26.6 Å². The van der Waals surface area contributed by atoms with Gasteiger partial charge in [0.15, 0.2) is 0 Å². The fourth-order valence-electron chi connectivity index (χ4n) is 4.41. The second-order valence-electron chi connectivity index (χ2n) is 8.75. The summed E-state index contributed by atoms with van der Waals surface area (Å²) in [6.07, 6.45) is 1.63. The van der Waals surface area contributed by atoms with Crippen LogP contribution in [0, 0.1) is 0 Å². The lowest BCUT2D eigenvalue weighted by Gasteiger charge is -2.23. The second kappa shape index (κ2) is 11.1. The fraction of sp³-hybridized carbons (Fsp3) is 0.0690. The Morgan fingerprint density at radius 1 is 1.08 bits per heavy atom. The van der Waals surface area contributed by atoms with Crippen molar-refractivity contribution in [1.29, 1.82) is 0 Å². The number of pyridine rings is 1. The third-order valence-electron chi connectivity index (χ3n) is 6.19. The number of rotatable bonds is 8. The minimum atomic E-state index is -1.42. The van der Waals surface area contributed by atoms with Crippen LogP contribution in [-0.4, -0.2) is 18.7 Å². The van der Waals surface area contributed by atoms with Gasteiger partial charge in [-0.3, -0.25) is 9.36 Å². The van der Waals surface area contributed by atoms with Gasteiger partial charge in [-0.15, -0.1) is 0 Å². The van der Waals surface area contributed by atoms with Crippen LogP contribution in [0.15, 0.2) is 102 Å². The number of para-hydroxylation sites is 1. The van der Waals surface area contributed by atoms with E-state index in [0.29, 0.717) is 38.9 Å². The molecular weight excluding hydrogens is 532 g/mol. The molecule has 2 aromatic heterocycles. The van der Waals surface area contributed by atoms with Gasteiger partial charge in [0.05, 0.1) is 16.5 Å². The molecule has 2 heterocycles. The SMILES string of the molecule is C=CS(=O)Nc1cccc(-c2cnc(N)nc2NC(C)c2cc3cccc(Cl)c3c(=O)n2-c2ccccc2)c1. The summed E-state index contributed by atoms with van der Waals surface area (Å²) in [5.41, 5.74) is 9.28. The molecule has 5 rings (SSSR count). The Hall–Kier alpha value is -4.47. The van der Waals surface area contributed by atoms with Crippen LogP contribution >= 0.6 is 11.6 Å². The van der Waals surface area contributed by atoms with Gasteiger partial charge in [0, 0.05) is 34.2 Å². The summed E-state index contributed by atoms with van der Waals surface area (Å²) in [5.74, 6) is 0.580. The molecule has 39 heavy (non-hydrogen) atoms. The summed E-state index contributed by atoms with van der Waals surface area (Å²) in [6, 6.07) is 23.7. The van der Waals surface area contributed by atoms with Crippen molar-refractivity contribution >= 4 is 50.8 Å². The summed E-state index contributed by atoms with van der Waals surface area (Å²) >= 11 is 6.45. The molecule has 0 spiro atoms. The first kappa shape index (κ1) is 26.1. The van der Waals surface area contributed by atoms with Crippen LogP contribution in [0.3, 0.4) is 0 Å². The van der Waals surface area contributed by atoms with Crippen molar-refractivity contribution in [3.05, 3.63) is 118 Å². The predicted octanol–water partition coefficient (Wildman–Crippen LogP) is 6.08. The number of anilines is 3. The maximum atomic E-state index is 13.8. The summed E-state index contributed by atoms with van der Waals surface area (Å²) in [5, 5.41) is 6.33. The van der Waals surface area contributed by atoms with E-state index in [9.17, 15) is 9.00 Å². The Balaban J connectivity index is 1.61. The molecule has 0 fully saturated rings. The lowest BCUT2D eigenvalue weighted by molar-refractivity contribution is 0.691. The number of benzene rings is 3.